The minimum Gasteiger partial charge on any atom is -0.357 e. The topological polar surface area (TPSA) is 34.2 Å². The summed E-state index contributed by atoms with van der Waals surface area (Å²) in [5.74, 6) is 0. The molecule has 0 spiro atoms. The number of ether oxygens (including phenoxy) is 1. The summed E-state index contributed by atoms with van der Waals surface area (Å²) >= 11 is 0. The Balaban J connectivity index is 2.16. The van der Waals surface area contributed by atoms with Crippen molar-refractivity contribution in [2.45, 2.75) is 6.10 Å². The van der Waals surface area contributed by atoms with E-state index in [0.29, 0.717) is 6.73 Å². The summed E-state index contributed by atoms with van der Waals surface area (Å²) in [4.78, 5) is 4.02. The molecule has 1 aromatic rings. The van der Waals surface area contributed by atoms with Crippen molar-refractivity contribution < 1.29 is 4.74 Å². The van der Waals surface area contributed by atoms with Crippen molar-refractivity contribution in [1.82, 2.24) is 10.3 Å². The van der Waals surface area contributed by atoms with Crippen LogP contribution in [-0.4, -0.2) is 18.3 Å². The van der Waals surface area contributed by atoms with E-state index in [0.717, 1.165) is 12.1 Å². The lowest BCUT2D eigenvalue weighted by molar-refractivity contribution is 0.114. The van der Waals surface area contributed by atoms with Gasteiger partial charge >= 0.3 is 0 Å². The number of aromatic nitrogens is 1. The number of hydrogen-bond acceptors (Lipinski definition) is 3. The molecule has 0 amide bonds. The number of nitrogens with zero attached hydrogens (tertiary/aromatic N) is 1. The van der Waals surface area contributed by atoms with E-state index in [1.165, 1.54) is 0 Å². The monoisotopic (exact) mass is 150 g/mol. The van der Waals surface area contributed by atoms with Gasteiger partial charge in [-0.2, -0.15) is 0 Å². The second-order valence-electron chi connectivity index (χ2n) is 2.54. The highest BCUT2D eigenvalue weighted by Crippen LogP contribution is 2.17. The summed E-state index contributed by atoms with van der Waals surface area (Å²) < 4.78 is 5.39. The third-order valence-electron chi connectivity index (χ3n) is 1.77. The van der Waals surface area contributed by atoms with Gasteiger partial charge in [0.05, 0.1) is 12.8 Å². The number of nitrogens with one attached hydrogen (secondary N) is 1. The maximum absolute atomic E-state index is 5.39. The summed E-state index contributed by atoms with van der Waals surface area (Å²) in [6, 6.07) is 3.96. The third-order valence-corrected chi connectivity index (χ3v) is 1.77. The molecule has 58 valence electrons. The predicted molar refractivity (Wildman–Crippen MR) is 40.9 cm³/mol. The largest absolute Gasteiger partial charge is 0.357 e. The van der Waals surface area contributed by atoms with Crippen LogP contribution in [0.15, 0.2) is 24.5 Å². The minimum atomic E-state index is 0.198. The Kier molecular flexibility index (Phi) is 1.83. The lowest BCUT2D eigenvalue weighted by atomic mass is 10.2. The molecule has 0 aromatic carbocycles. The highest BCUT2D eigenvalue weighted by atomic mass is 16.5. The van der Waals surface area contributed by atoms with Gasteiger partial charge in [0.15, 0.2) is 0 Å². The highest BCUT2D eigenvalue weighted by Gasteiger charge is 2.16. The Labute approximate surface area is 65.4 Å². The van der Waals surface area contributed by atoms with Crippen molar-refractivity contribution in [3.63, 3.8) is 0 Å². The van der Waals surface area contributed by atoms with E-state index >= 15 is 0 Å². The van der Waals surface area contributed by atoms with Gasteiger partial charge < -0.3 is 4.74 Å². The van der Waals surface area contributed by atoms with Crippen molar-refractivity contribution >= 4 is 0 Å². The summed E-state index contributed by atoms with van der Waals surface area (Å²) in [5, 5.41) is 3.12. The fourth-order valence-electron chi connectivity index (χ4n) is 1.19. The highest BCUT2D eigenvalue weighted by molar-refractivity contribution is 5.13. The SMILES string of the molecule is c1cncc(C2CNCO2)c1. The molecule has 11 heavy (non-hydrogen) atoms. The first kappa shape index (κ1) is 6.76. The van der Waals surface area contributed by atoms with Gasteiger partial charge in [-0.25, -0.2) is 0 Å². The average Bonchev–Trinajstić information content (AvgIpc) is 2.58. The number of pyridine rings is 1. The van der Waals surface area contributed by atoms with Crippen molar-refractivity contribution in [2.75, 3.05) is 13.3 Å². The summed E-state index contributed by atoms with van der Waals surface area (Å²) in [6.45, 7) is 1.55. The summed E-state index contributed by atoms with van der Waals surface area (Å²) in [7, 11) is 0. The molecule has 1 fully saturated rings. The Hall–Kier alpha value is -0.930. The zero-order chi connectivity index (χ0) is 7.52. The molecule has 0 saturated carbocycles. The van der Waals surface area contributed by atoms with Crippen LogP contribution in [0.1, 0.15) is 11.7 Å². The van der Waals surface area contributed by atoms with Gasteiger partial charge in [-0.1, -0.05) is 6.07 Å². The van der Waals surface area contributed by atoms with Crippen LogP contribution in [0.25, 0.3) is 0 Å². The molecule has 2 rings (SSSR count). The first-order valence-corrected chi connectivity index (χ1v) is 3.69. The molecule has 0 radical (unpaired) electrons. The van der Waals surface area contributed by atoms with E-state index in [1.54, 1.807) is 6.20 Å². The Morgan fingerprint density at radius 3 is 3.27 bits per heavy atom. The van der Waals surface area contributed by atoms with Crippen molar-refractivity contribution in [3.05, 3.63) is 30.1 Å². The quantitative estimate of drug-likeness (QED) is 0.640. The maximum Gasteiger partial charge on any atom is 0.0982 e. The molecule has 1 N–H and O–H groups in total. The van der Waals surface area contributed by atoms with Crippen LogP contribution in [0.5, 0.6) is 0 Å². The van der Waals surface area contributed by atoms with Crippen LogP contribution in [0.3, 0.4) is 0 Å². The smallest absolute Gasteiger partial charge is 0.0982 e. The first-order valence-electron chi connectivity index (χ1n) is 3.69. The third kappa shape index (κ3) is 1.39. The van der Waals surface area contributed by atoms with E-state index in [1.807, 2.05) is 18.3 Å². The van der Waals surface area contributed by atoms with Gasteiger partial charge in [0.2, 0.25) is 0 Å². The Bertz CT molecular complexity index is 219. The van der Waals surface area contributed by atoms with E-state index in [9.17, 15) is 0 Å². The van der Waals surface area contributed by atoms with Crippen LogP contribution in [0.4, 0.5) is 0 Å². The van der Waals surface area contributed by atoms with Gasteiger partial charge in [0, 0.05) is 24.5 Å². The fourth-order valence-corrected chi connectivity index (χ4v) is 1.19. The standard InChI is InChI=1S/C8H10N2O/c1-2-7(4-9-3-1)8-5-10-6-11-8/h1-4,8,10H,5-6H2. The zero-order valence-electron chi connectivity index (χ0n) is 6.16. The molecule has 1 saturated heterocycles. The average molecular weight is 150 g/mol. The predicted octanol–water partition coefficient (Wildman–Crippen LogP) is 0.700. The minimum absolute atomic E-state index is 0.198. The van der Waals surface area contributed by atoms with Crippen molar-refractivity contribution in [2.24, 2.45) is 0 Å². The summed E-state index contributed by atoms with van der Waals surface area (Å²) in [6.07, 6.45) is 3.81. The molecular weight excluding hydrogens is 140 g/mol. The lowest BCUT2D eigenvalue weighted by Gasteiger charge is -2.06. The summed E-state index contributed by atoms with van der Waals surface area (Å²) in [5.41, 5.74) is 1.15. The molecule has 1 aliphatic heterocycles. The van der Waals surface area contributed by atoms with Gasteiger partial charge in [-0.3, -0.25) is 10.3 Å². The van der Waals surface area contributed by atoms with Gasteiger partial charge in [0.25, 0.3) is 0 Å². The van der Waals surface area contributed by atoms with Crippen LogP contribution in [-0.2, 0) is 4.74 Å². The molecule has 2 heterocycles. The Morgan fingerprint density at radius 2 is 2.64 bits per heavy atom. The second kappa shape index (κ2) is 2.98. The molecule has 1 aromatic heterocycles. The second-order valence-corrected chi connectivity index (χ2v) is 2.54. The van der Waals surface area contributed by atoms with Crippen LogP contribution < -0.4 is 5.32 Å². The molecule has 3 nitrogen and oxygen atoms in total. The van der Waals surface area contributed by atoms with Crippen LogP contribution in [0.2, 0.25) is 0 Å². The molecule has 1 atom stereocenters. The van der Waals surface area contributed by atoms with Crippen molar-refractivity contribution in [1.29, 1.82) is 0 Å². The molecule has 0 bridgehead atoms. The zero-order valence-corrected chi connectivity index (χ0v) is 6.16. The molecule has 1 unspecified atom stereocenters. The Morgan fingerprint density at radius 1 is 1.64 bits per heavy atom. The molecular formula is C8H10N2O. The number of rotatable bonds is 1. The normalized spacial score (nSPS) is 23.8. The van der Waals surface area contributed by atoms with E-state index < -0.39 is 0 Å². The van der Waals surface area contributed by atoms with Gasteiger partial charge in [0.1, 0.15) is 0 Å². The molecule has 1 aliphatic rings. The van der Waals surface area contributed by atoms with E-state index in [2.05, 4.69) is 10.3 Å². The lowest BCUT2D eigenvalue weighted by Crippen LogP contribution is -2.07. The fraction of sp³-hybridized carbons (Fsp3) is 0.375. The van der Waals surface area contributed by atoms with Crippen LogP contribution >= 0.6 is 0 Å². The van der Waals surface area contributed by atoms with Gasteiger partial charge in [-0.15, -0.1) is 0 Å². The first-order chi connectivity index (χ1) is 5.47. The maximum atomic E-state index is 5.39. The molecule has 3 heteroatoms. The van der Waals surface area contributed by atoms with Crippen LogP contribution in [0, 0.1) is 0 Å². The van der Waals surface area contributed by atoms with Crippen molar-refractivity contribution in [3.8, 4) is 0 Å². The van der Waals surface area contributed by atoms with E-state index in [-0.39, 0.29) is 6.10 Å². The number of hydrogen-bond donors (Lipinski definition) is 1. The van der Waals surface area contributed by atoms with E-state index in [4.69, 9.17) is 4.74 Å². The molecule has 0 aliphatic carbocycles. The van der Waals surface area contributed by atoms with Gasteiger partial charge in [-0.05, 0) is 6.07 Å².